The topological polar surface area (TPSA) is 67.4 Å². The smallest absolute Gasteiger partial charge is 0.123 e. The first-order valence-corrected chi connectivity index (χ1v) is 8.37. The molecule has 5 nitrogen and oxygen atoms in total. The fourth-order valence-corrected chi connectivity index (χ4v) is 2.62. The number of phenols is 1. The van der Waals surface area contributed by atoms with Gasteiger partial charge in [-0.25, -0.2) is 0 Å². The average molecular weight is 338 g/mol. The number of nitrogens with zero attached hydrogens (tertiary/aromatic N) is 1. The van der Waals surface area contributed by atoms with Gasteiger partial charge in [0.25, 0.3) is 0 Å². The quantitative estimate of drug-likeness (QED) is 0.616. The van der Waals surface area contributed by atoms with E-state index in [1.54, 1.807) is 25.4 Å². The van der Waals surface area contributed by atoms with Gasteiger partial charge in [0.2, 0.25) is 0 Å². The first-order chi connectivity index (χ1) is 12.2. The summed E-state index contributed by atoms with van der Waals surface area (Å²) < 4.78 is 11.0. The van der Waals surface area contributed by atoms with E-state index in [1.807, 2.05) is 30.3 Å². The van der Waals surface area contributed by atoms with Crippen LogP contribution in [-0.2, 0) is 0 Å². The van der Waals surface area contributed by atoms with Crippen LogP contribution < -0.4 is 9.47 Å². The molecule has 0 aliphatic heterocycles. The second-order valence-corrected chi connectivity index (χ2v) is 5.77. The van der Waals surface area contributed by atoms with Gasteiger partial charge < -0.3 is 14.6 Å². The molecule has 0 amide bonds. The van der Waals surface area contributed by atoms with Crippen LogP contribution in [0.3, 0.4) is 0 Å². The minimum Gasteiger partial charge on any atom is -0.507 e. The number of rotatable bonds is 7. The highest BCUT2D eigenvalue weighted by molar-refractivity contribution is 5.84. The van der Waals surface area contributed by atoms with Gasteiger partial charge >= 0.3 is 0 Å². The van der Waals surface area contributed by atoms with Crippen molar-refractivity contribution in [2.24, 2.45) is 0 Å². The SMILES string of the molecule is CCCCOc1ccc(O)c(-c2cn[nH]c2-c2ccc(OC)cc2)c1. The number of methoxy groups -OCH3 is 1. The van der Waals surface area contributed by atoms with Crippen LogP contribution >= 0.6 is 0 Å². The standard InChI is InChI=1S/C20H22N2O3/c1-3-4-11-25-16-9-10-19(23)17(12-16)18-13-21-22-20(18)14-5-7-15(24-2)8-6-14/h5-10,12-13,23H,3-4,11H2,1-2H3,(H,21,22). The Morgan fingerprint density at radius 1 is 1.04 bits per heavy atom. The van der Waals surface area contributed by atoms with Gasteiger partial charge in [-0.15, -0.1) is 0 Å². The number of aromatic amines is 1. The van der Waals surface area contributed by atoms with Crippen molar-refractivity contribution in [1.29, 1.82) is 0 Å². The van der Waals surface area contributed by atoms with Gasteiger partial charge in [0, 0.05) is 16.7 Å². The lowest BCUT2D eigenvalue weighted by molar-refractivity contribution is 0.309. The molecule has 2 aromatic carbocycles. The lowest BCUT2D eigenvalue weighted by Gasteiger charge is -2.10. The van der Waals surface area contributed by atoms with E-state index >= 15 is 0 Å². The molecule has 0 fully saturated rings. The molecule has 0 bridgehead atoms. The maximum atomic E-state index is 10.3. The third-order valence-electron chi connectivity index (χ3n) is 4.04. The normalized spacial score (nSPS) is 10.6. The lowest BCUT2D eigenvalue weighted by Crippen LogP contribution is -1.96. The number of unbranched alkanes of at least 4 members (excludes halogenated alkanes) is 1. The van der Waals surface area contributed by atoms with Crippen molar-refractivity contribution < 1.29 is 14.6 Å². The number of nitrogens with one attached hydrogen (secondary N) is 1. The summed E-state index contributed by atoms with van der Waals surface area (Å²) in [6.45, 7) is 2.79. The monoisotopic (exact) mass is 338 g/mol. The fraction of sp³-hybridized carbons (Fsp3) is 0.250. The van der Waals surface area contributed by atoms with Crippen LogP contribution in [0.5, 0.6) is 17.2 Å². The summed E-state index contributed by atoms with van der Waals surface area (Å²) in [6, 6.07) is 13.0. The molecule has 0 unspecified atom stereocenters. The third kappa shape index (κ3) is 3.76. The highest BCUT2D eigenvalue weighted by Crippen LogP contribution is 2.38. The molecule has 3 aromatic rings. The Kier molecular flexibility index (Phi) is 5.23. The third-order valence-corrected chi connectivity index (χ3v) is 4.04. The predicted octanol–water partition coefficient (Wildman–Crippen LogP) is 4.64. The molecule has 1 aromatic heterocycles. The van der Waals surface area contributed by atoms with E-state index in [-0.39, 0.29) is 5.75 Å². The van der Waals surface area contributed by atoms with E-state index in [0.29, 0.717) is 12.2 Å². The van der Waals surface area contributed by atoms with Crippen LogP contribution in [0, 0.1) is 0 Å². The number of H-pyrrole nitrogens is 1. The fourth-order valence-electron chi connectivity index (χ4n) is 2.62. The summed E-state index contributed by atoms with van der Waals surface area (Å²) in [4.78, 5) is 0. The molecule has 130 valence electrons. The highest BCUT2D eigenvalue weighted by atomic mass is 16.5. The first-order valence-electron chi connectivity index (χ1n) is 8.37. The van der Waals surface area contributed by atoms with E-state index in [9.17, 15) is 5.11 Å². The van der Waals surface area contributed by atoms with E-state index in [2.05, 4.69) is 17.1 Å². The highest BCUT2D eigenvalue weighted by Gasteiger charge is 2.14. The van der Waals surface area contributed by atoms with Crippen molar-refractivity contribution in [1.82, 2.24) is 10.2 Å². The predicted molar refractivity (Wildman–Crippen MR) is 98.1 cm³/mol. The van der Waals surface area contributed by atoms with Gasteiger partial charge in [0.05, 0.1) is 25.6 Å². The Bertz CT molecular complexity index is 825. The Balaban J connectivity index is 1.94. The molecular weight excluding hydrogens is 316 g/mol. The maximum Gasteiger partial charge on any atom is 0.123 e. The van der Waals surface area contributed by atoms with Gasteiger partial charge in [-0.05, 0) is 48.9 Å². The molecule has 0 aliphatic carbocycles. The Hall–Kier alpha value is -2.95. The number of hydrogen-bond acceptors (Lipinski definition) is 4. The summed E-state index contributed by atoms with van der Waals surface area (Å²) in [5.74, 6) is 1.72. The second-order valence-electron chi connectivity index (χ2n) is 5.77. The van der Waals surface area contributed by atoms with Gasteiger partial charge in [-0.2, -0.15) is 5.10 Å². The summed E-state index contributed by atoms with van der Waals surface area (Å²) in [5.41, 5.74) is 3.31. The second kappa shape index (κ2) is 7.75. The van der Waals surface area contributed by atoms with Crippen LogP contribution in [-0.4, -0.2) is 29.0 Å². The summed E-state index contributed by atoms with van der Waals surface area (Å²) >= 11 is 0. The van der Waals surface area contributed by atoms with E-state index in [1.165, 1.54) is 0 Å². The van der Waals surface area contributed by atoms with Crippen molar-refractivity contribution in [3.8, 4) is 39.6 Å². The van der Waals surface area contributed by atoms with Crippen LogP contribution in [0.25, 0.3) is 22.4 Å². The van der Waals surface area contributed by atoms with Crippen LogP contribution in [0.2, 0.25) is 0 Å². The molecular formula is C20H22N2O3. The number of aromatic hydroxyl groups is 1. The summed E-state index contributed by atoms with van der Waals surface area (Å²) in [6.07, 6.45) is 3.79. The van der Waals surface area contributed by atoms with E-state index in [0.717, 1.165) is 41.2 Å². The van der Waals surface area contributed by atoms with E-state index < -0.39 is 0 Å². The van der Waals surface area contributed by atoms with Crippen molar-refractivity contribution in [3.63, 3.8) is 0 Å². The molecule has 0 spiro atoms. The van der Waals surface area contributed by atoms with Crippen LogP contribution in [0.1, 0.15) is 19.8 Å². The molecule has 0 aliphatic rings. The number of benzene rings is 2. The van der Waals surface area contributed by atoms with E-state index in [4.69, 9.17) is 9.47 Å². The van der Waals surface area contributed by atoms with Crippen molar-refractivity contribution in [3.05, 3.63) is 48.7 Å². The number of phenolic OH excluding ortho intramolecular Hbond substituents is 1. The van der Waals surface area contributed by atoms with Crippen LogP contribution in [0.4, 0.5) is 0 Å². The summed E-state index contributed by atoms with van der Waals surface area (Å²) in [5, 5.41) is 17.5. The number of aromatic nitrogens is 2. The molecule has 3 rings (SSSR count). The minimum absolute atomic E-state index is 0.194. The van der Waals surface area contributed by atoms with Gasteiger partial charge in [-0.3, -0.25) is 5.10 Å². The first kappa shape index (κ1) is 16.9. The lowest BCUT2D eigenvalue weighted by atomic mass is 10.0. The molecule has 25 heavy (non-hydrogen) atoms. The average Bonchev–Trinajstić information content (AvgIpc) is 3.13. The zero-order valence-electron chi connectivity index (χ0n) is 14.5. The summed E-state index contributed by atoms with van der Waals surface area (Å²) in [7, 11) is 1.64. The van der Waals surface area contributed by atoms with Gasteiger partial charge in [0.1, 0.15) is 17.2 Å². The molecule has 0 radical (unpaired) electrons. The number of ether oxygens (including phenoxy) is 2. The largest absolute Gasteiger partial charge is 0.507 e. The van der Waals surface area contributed by atoms with Crippen molar-refractivity contribution >= 4 is 0 Å². The zero-order chi connectivity index (χ0) is 17.6. The van der Waals surface area contributed by atoms with Gasteiger partial charge in [-0.1, -0.05) is 13.3 Å². The molecule has 0 saturated carbocycles. The minimum atomic E-state index is 0.194. The Labute approximate surface area is 147 Å². The molecule has 1 heterocycles. The Morgan fingerprint density at radius 3 is 2.52 bits per heavy atom. The van der Waals surface area contributed by atoms with Gasteiger partial charge in [0.15, 0.2) is 0 Å². The molecule has 0 atom stereocenters. The number of hydrogen-bond donors (Lipinski definition) is 2. The maximum absolute atomic E-state index is 10.3. The Morgan fingerprint density at radius 2 is 1.80 bits per heavy atom. The molecule has 5 heteroatoms. The molecule has 0 saturated heterocycles. The van der Waals surface area contributed by atoms with Crippen molar-refractivity contribution in [2.45, 2.75) is 19.8 Å². The molecule has 2 N–H and O–H groups in total. The van der Waals surface area contributed by atoms with Crippen LogP contribution in [0.15, 0.2) is 48.7 Å². The van der Waals surface area contributed by atoms with Crippen molar-refractivity contribution in [2.75, 3.05) is 13.7 Å². The zero-order valence-corrected chi connectivity index (χ0v) is 14.5.